The molecule has 0 aromatic carbocycles. The van der Waals surface area contributed by atoms with Crippen LogP contribution in [0, 0.1) is 76.0 Å². The Labute approximate surface area is 187 Å². The van der Waals surface area contributed by atoms with Crippen LogP contribution in [0.1, 0.15) is 0 Å². The van der Waals surface area contributed by atoms with Crippen molar-refractivity contribution in [1.82, 2.24) is 0 Å². The van der Waals surface area contributed by atoms with E-state index in [9.17, 15) is 60.7 Å². The van der Waals surface area contributed by atoms with E-state index in [-0.39, 0.29) is 41.9 Å². The van der Waals surface area contributed by atoms with Gasteiger partial charge in [0.25, 0.3) is 0 Å². The van der Waals surface area contributed by atoms with Crippen molar-refractivity contribution >= 4 is 12.3 Å². The summed E-state index contributed by atoms with van der Waals surface area (Å²) >= 11 is -0.329. The van der Waals surface area contributed by atoms with Gasteiger partial charge in [0.1, 0.15) is 0 Å². The molecule has 0 aliphatic rings. The summed E-state index contributed by atoms with van der Waals surface area (Å²) in [6.45, 7) is 0. The Bertz CT molecular complexity index is 560. The minimum absolute atomic E-state index is 0. The maximum absolute atomic E-state index is 9.83. The maximum Gasteiger partial charge on any atom is 1.00 e. The van der Waals surface area contributed by atoms with Crippen LogP contribution in [0.3, 0.4) is 0 Å². The van der Waals surface area contributed by atoms with E-state index in [4.69, 9.17) is 15.3 Å². The van der Waals surface area contributed by atoms with E-state index >= 15 is 0 Å². The van der Waals surface area contributed by atoms with Crippen molar-refractivity contribution in [1.29, 1.82) is 0 Å². The van der Waals surface area contributed by atoms with E-state index < -0.39 is 41.8 Å². The van der Waals surface area contributed by atoms with Gasteiger partial charge in [-0.15, -0.1) is 60.7 Å². The molecule has 0 N–H and O–H groups in total. The van der Waals surface area contributed by atoms with Gasteiger partial charge in [-0.25, -0.2) is 27.9 Å². The van der Waals surface area contributed by atoms with Crippen LogP contribution in [0.2, 0.25) is 0 Å². The summed E-state index contributed by atoms with van der Waals surface area (Å²) in [5.41, 5.74) is 0. The van der Waals surface area contributed by atoms with Gasteiger partial charge in [-0.3, -0.25) is 0 Å². The Balaban J connectivity index is -0.000000218. The minimum Gasteiger partial charge on any atom is -0.356 e. The summed E-state index contributed by atoms with van der Waals surface area (Å²) in [5, 5.41) is 62.5. The van der Waals surface area contributed by atoms with Crippen LogP contribution < -0.4 is 29.6 Å². The quantitative estimate of drug-likeness (QED) is 0.0794. The normalized spacial score (nSPS) is 8.52. The van der Waals surface area contributed by atoms with Gasteiger partial charge in [-0.1, -0.05) is 0 Å². The summed E-state index contributed by atoms with van der Waals surface area (Å²) in [6, 6.07) is 0. The van der Waals surface area contributed by atoms with Crippen molar-refractivity contribution in [2.45, 2.75) is 6.16 Å². The second-order valence-corrected chi connectivity index (χ2v) is 3.08. The number of hydrogen-bond acceptors (Lipinski definition) is 22. The molecule has 0 bridgehead atoms. The molecule has 0 aliphatic carbocycles. The summed E-state index contributed by atoms with van der Waals surface area (Å²) in [7, 11) is 0. The molecule has 0 spiro atoms. The van der Waals surface area contributed by atoms with Crippen LogP contribution in [0.5, 0.6) is 0 Å². The first kappa shape index (κ1) is 34.3. The molecule has 31 heavy (non-hydrogen) atoms. The van der Waals surface area contributed by atoms with Crippen LogP contribution >= 0.6 is 12.3 Å². The third kappa shape index (κ3) is 30.7. The monoisotopic (exact) mass is 501 g/mol. The van der Waals surface area contributed by atoms with Gasteiger partial charge in [0.15, 0.2) is 0 Å². The predicted octanol–water partition coefficient (Wildman–Crippen LogP) is -4.84. The topological polar surface area (TPSA) is 380 Å². The Morgan fingerprint density at radius 3 is 0.806 bits per heavy atom. The molecule has 30 heteroatoms. The largest absolute Gasteiger partial charge is 1.00 e. The van der Waals surface area contributed by atoms with Gasteiger partial charge < -0.3 is 15.3 Å². The van der Waals surface area contributed by atoms with Crippen molar-refractivity contribution in [3.63, 3.8) is 0 Å². The Hall–Kier alpha value is -4.25. The van der Waals surface area contributed by atoms with Gasteiger partial charge in [0.05, 0.1) is 5.09 Å². The van der Waals surface area contributed by atoms with Gasteiger partial charge in [-0.2, -0.15) is 0 Å². The zero-order valence-electron chi connectivity index (χ0n) is 13.6. The van der Waals surface area contributed by atoms with Crippen molar-refractivity contribution in [3.8, 4) is 0 Å². The van der Waals surface area contributed by atoms with Gasteiger partial charge in [0, 0.05) is 0 Å². The molecule has 0 aliphatic heterocycles. The maximum atomic E-state index is 9.83. The summed E-state index contributed by atoms with van der Waals surface area (Å²) in [5.74, 6) is 0. The molecule has 0 aromatic rings. The van der Waals surface area contributed by atoms with E-state index in [1.54, 1.807) is 0 Å². The van der Waals surface area contributed by atoms with Crippen LogP contribution in [0.25, 0.3) is 0 Å². The molecule has 0 rings (SSSR count). The predicted molar refractivity (Wildman–Crippen MR) is 69.2 cm³/mol. The zero-order valence-corrected chi connectivity index (χ0v) is 16.4. The fourth-order valence-corrected chi connectivity index (χ4v) is 0.655. The molecular formula is CN7NaO21S. The van der Waals surface area contributed by atoms with E-state index in [1.165, 1.54) is 0 Å². The standard InChI is InChI=1S/CN4O12.N2O6S.NO3.Na/c6-2(7)14-1(15-3(8)9,16-4(10)11)17-5(12)13;3-1(4)7-9-8-2(5)6;2-1(3)4;/q;;-1;+1. The van der Waals surface area contributed by atoms with Crippen LogP contribution in [-0.4, -0.2) is 41.8 Å². The first-order valence-electron chi connectivity index (χ1n) is 4.98. The van der Waals surface area contributed by atoms with Gasteiger partial charge in [-0.05, 0) is 0 Å². The van der Waals surface area contributed by atoms with Crippen molar-refractivity contribution in [3.05, 3.63) is 76.0 Å². The van der Waals surface area contributed by atoms with Crippen molar-refractivity contribution in [2.24, 2.45) is 0 Å². The third-order valence-electron chi connectivity index (χ3n) is 0.928. The molecule has 0 fully saturated rings. The van der Waals surface area contributed by atoms with E-state index in [1.807, 2.05) is 0 Å². The molecule has 0 aromatic heterocycles. The first-order valence-corrected chi connectivity index (χ1v) is 5.65. The summed E-state index contributed by atoms with van der Waals surface area (Å²) < 4.78 is 6.66. The Morgan fingerprint density at radius 2 is 0.677 bits per heavy atom. The second-order valence-electron chi connectivity index (χ2n) is 2.65. The molecule has 0 radical (unpaired) electrons. The minimum atomic E-state index is -4.21. The molecule has 172 valence electrons. The fourth-order valence-electron chi connectivity index (χ4n) is 0.528. The smallest absolute Gasteiger partial charge is 0.356 e. The molecule has 0 saturated carbocycles. The van der Waals surface area contributed by atoms with Gasteiger partial charge >= 0.3 is 66.2 Å². The molecule has 0 saturated heterocycles. The fraction of sp³-hybridized carbons (Fsp3) is 1.00. The SMILES string of the molecule is O=[N+]([O-])OC(O[N+](=O)[O-])(O[N+](=O)[O-])O[N+](=O)[O-].O=[N+]([O-])OSO[N+](=O)[O-].O=[N+]([O-])[O-].[Na+]. The van der Waals surface area contributed by atoms with Crippen LogP contribution in [0.4, 0.5) is 0 Å². The molecule has 0 atom stereocenters. The number of hydrogen-bond donors (Lipinski definition) is 0. The molecule has 0 heterocycles. The zero-order chi connectivity index (χ0) is 24.5. The Kier molecular flexibility index (Phi) is 19.7. The summed E-state index contributed by atoms with van der Waals surface area (Å²) in [6.07, 6.45) is -4.21. The van der Waals surface area contributed by atoms with Crippen LogP contribution in [-0.2, 0) is 27.9 Å². The average Bonchev–Trinajstić information content (AvgIpc) is 2.42. The van der Waals surface area contributed by atoms with E-state index in [0.29, 0.717) is 0 Å². The van der Waals surface area contributed by atoms with Crippen molar-refractivity contribution in [2.75, 3.05) is 0 Å². The third-order valence-corrected chi connectivity index (χ3v) is 1.29. The molecule has 28 nitrogen and oxygen atoms in total. The van der Waals surface area contributed by atoms with E-state index in [2.05, 4.69) is 27.9 Å². The molecule has 0 unspecified atom stereocenters. The Morgan fingerprint density at radius 1 is 0.484 bits per heavy atom. The van der Waals surface area contributed by atoms with E-state index in [0.717, 1.165) is 0 Å². The van der Waals surface area contributed by atoms with Crippen LogP contribution in [0.15, 0.2) is 0 Å². The molecular weight excluding hydrogens is 501 g/mol. The number of rotatable bonds is 12. The number of nitrogens with zero attached hydrogens (tertiary/aromatic N) is 7. The van der Waals surface area contributed by atoms with Crippen molar-refractivity contribution < 1.29 is 93.1 Å². The average molecular weight is 501 g/mol. The second kappa shape index (κ2) is 17.8. The first-order chi connectivity index (χ1) is 13.5. The molecule has 0 amide bonds. The van der Waals surface area contributed by atoms with Gasteiger partial charge in [0.2, 0.25) is 12.3 Å². The summed E-state index contributed by atoms with van der Waals surface area (Å²) in [4.78, 5) is 78.5.